The Hall–Kier alpha value is -3.31. The SMILES string of the molecule is O=C(CCNS(=O)(=O)c1cccc(F)c1)N[C@H](CN1C(=O)COC1=O)c1ccccc1. The highest BCUT2D eigenvalue weighted by Gasteiger charge is 2.33. The summed E-state index contributed by atoms with van der Waals surface area (Å²) < 4.78 is 44.6. The van der Waals surface area contributed by atoms with E-state index >= 15 is 0 Å². The lowest BCUT2D eigenvalue weighted by Gasteiger charge is -2.23. The first-order valence-electron chi connectivity index (χ1n) is 9.33. The van der Waals surface area contributed by atoms with Gasteiger partial charge in [-0.1, -0.05) is 36.4 Å². The van der Waals surface area contributed by atoms with E-state index in [-0.39, 0.29) is 31.0 Å². The number of nitrogens with one attached hydrogen (secondary N) is 2. The molecule has 0 saturated carbocycles. The molecule has 1 fully saturated rings. The van der Waals surface area contributed by atoms with Crippen molar-refractivity contribution in [3.05, 3.63) is 66.0 Å². The number of ether oxygens (including phenoxy) is 1. The van der Waals surface area contributed by atoms with Crippen LogP contribution in [0.15, 0.2) is 59.5 Å². The van der Waals surface area contributed by atoms with Crippen LogP contribution >= 0.6 is 0 Å². The fraction of sp³-hybridized carbons (Fsp3) is 0.250. The molecule has 0 aliphatic carbocycles. The van der Waals surface area contributed by atoms with Gasteiger partial charge in [-0.15, -0.1) is 0 Å². The smallest absolute Gasteiger partial charge is 0.417 e. The molecule has 0 aromatic heterocycles. The quantitative estimate of drug-likeness (QED) is 0.596. The number of hydrogen-bond acceptors (Lipinski definition) is 6. The zero-order valence-corrected chi connectivity index (χ0v) is 17.1. The number of benzene rings is 2. The standard InChI is InChI=1S/C20H20FN3O6S/c21-15-7-4-8-16(11-15)31(28,29)22-10-9-18(25)23-17(14-5-2-1-3-6-14)12-24-19(26)13-30-20(24)27/h1-8,11,17,22H,9-10,12-13H2,(H,23,25)/t17-/m1/s1. The van der Waals surface area contributed by atoms with Gasteiger partial charge >= 0.3 is 6.09 Å². The Bertz CT molecular complexity index is 1060. The minimum atomic E-state index is -3.98. The summed E-state index contributed by atoms with van der Waals surface area (Å²) in [5.41, 5.74) is 0.656. The normalized spacial score (nSPS) is 14.9. The van der Waals surface area contributed by atoms with Gasteiger partial charge in [-0.05, 0) is 23.8 Å². The Morgan fingerprint density at radius 2 is 1.87 bits per heavy atom. The van der Waals surface area contributed by atoms with Crippen LogP contribution in [-0.2, 0) is 24.3 Å². The van der Waals surface area contributed by atoms with Crippen molar-refractivity contribution in [3.63, 3.8) is 0 Å². The second kappa shape index (κ2) is 9.67. The molecular formula is C20H20FN3O6S. The monoisotopic (exact) mass is 449 g/mol. The number of imide groups is 1. The molecule has 1 aliphatic heterocycles. The maximum absolute atomic E-state index is 13.3. The van der Waals surface area contributed by atoms with Crippen LogP contribution in [0.2, 0.25) is 0 Å². The number of amides is 3. The van der Waals surface area contributed by atoms with Crippen LogP contribution in [-0.4, -0.2) is 50.9 Å². The maximum atomic E-state index is 13.3. The van der Waals surface area contributed by atoms with E-state index in [1.807, 2.05) is 0 Å². The molecule has 0 bridgehead atoms. The van der Waals surface area contributed by atoms with E-state index in [0.29, 0.717) is 5.56 Å². The van der Waals surface area contributed by atoms with Crippen LogP contribution < -0.4 is 10.0 Å². The van der Waals surface area contributed by atoms with E-state index in [4.69, 9.17) is 4.74 Å². The van der Waals surface area contributed by atoms with Crippen molar-refractivity contribution in [3.8, 4) is 0 Å². The Balaban J connectivity index is 1.61. The number of carbonyl (C=O) groups is 3. The summed E-state index contributed by atoms with van der Waals surface area (Å²) in [6.45, 7) is -0.699. The van der Waals surface area contributed by atoms with Gasteiger partial charge in [0.15, 0.2) is 6.61 Å². The number of nitrogens with zero attached hydrogens (tertiary/aromatic N) is 1. The lowest BCUT2D eigenvalue weighted by Crippen LogP contribution is -2.41. The number of hydrogen-bond donors (Lipinski definition) is 2. The largest absolute Gasteiger partial charge is 0.439 e. The van der Waals surface area contributed by atoms with Crippen molar-refractivity contribution in [2.45, 2.75) is 17.4 Å². The molecule has 3 amide bonds. The van der Waals surface area contributed by atoms with Gasteiger partial charge in [0.05, 0.1) is 17.5 Å². The zero-order valence-electron chi connectivity index (χ0n) is 16.3. The summed E-state index contributed by atoms with van der Waals surface area (Å²) in [7, 11) is -3.98. The molecule has 31 heavy (non-hydrogen) atoms. The van der Waals surface area contributed by atoms with Crippen LogP contribution in [0.4, 0.5) is 9.18 Å². The molecule has 164 valence electrons. The van der Waals surface area contributed by atoms with Crippen molar-refractivity contribution in [2.75, 3.05) is 19.7 Å². The van der Waals surface area contributed by atoms with Gasteiger partial charge in [-0.2, -0.15) is 0 Å². The Morgan fingerprint density at radius 3 is 2.52 bits per heavy atom. The molecule has 0 unspecified atom stereocenters. The minimum absolute atomic E-state index is 0.123. The number of carbonyl (C=O) groups excluding carboxylic acids is 3. The predicted molar refractivity (Wildman–Crippen MR) is 107 cm³/mol. The summed E-state index contributed by atoms with van der Waals surface area (Å²) in [6, 6.07) is 12.5. The van der Waals surface area contributed by atoms with E-state index in [9.17, 15) is 27.2 Å². The third-order valence-electron chi connectivity index (χ3n) is 4.49. The van der Waals surface area contributed by atoms with Crippen molar-refractivity contribution in [1.82, 2.24) is 14.9 Å². The first-order chi connectivity index (χ1) is 14.8. The van der Waals surface area contributed by atoms with Crippen molar-refractivity contribution < 1.29 is 31.9 Å². The Kier molecular flexibility index (Phi) is 6.98. The van der Waals surface area contributed by atoms with Gasteiger partial charge in [-0.3, -0.25) is 9.59 Å². The van der Waals surface area contributed by atoms with Crippen LogP contribution in [0.1, 0.15) is 18.0 Å². The number of sulfonamides is 1. The fourth-order valence-corrected chi connectivity index (χ4v) is 4.01. The lowest BCUT2D eigenvalue weighted by molar-refractivity contribution is -0.127. The second-order valence-electron chi connectivity index (χ2n) is 6.69. The summed E-state index contributed by atoms with van der Waals surface area (Å²) in [6.07, 6.45) is -1.00. The van der Waals surface area contributed by atoms with Crippen molar-refractivity contribution in [2.24, 2.45) is 0 Å². The summed E-state index contributed by atoms with van der Waals surface area (Å²) in [5, 5.41) is 2.70. The van der Waals surface area contributed by atoms with E-state index in [1.165, 1.54) is 12.1 Å². The van der Waals surface area contributed by atoms with Crippen LogP contribution in [0.3, 0.4) is 0 Å². The summed E-state index contributed by atoms with van der Waals surface area (Å²) in [4.78, 5) is 36.7. The predicted octanol–water partition coefficient (Wildman–Crippen LogP) is 1.33. The van der Waals surface area contributed by atoms with E-state index in [2.05, 4.69) is 10.0 Å². The molecular weight excluding hydrogens is 429 g/mol. The highest BCUT2D eigenvalue weighted by atomic mass is 32.2. The minimum Gasteiger partial charge on any atom is -0.439 e. The average Bonchev–Trinajstić information content (AvgIpc) is 3.06. The van der Waals surface area contributed by atoms with E-state index < -0.39 is 39.8 Å². The third-order valence-corrected chi connectivity index (χ3v) is 5.95. The first-order valence-corrected chi connectivity index (χ1v) is 10.8. The van der Waals surface area contributed by atoms with Gasteiger partial charge < -0.3 is 10.1 Å². The van der Waals surface area contributed by atoms with Gasteiger partial charge in [0.2, 0.25) is 15.9 Å². The summed E-state index contributed by atoms with van der Waals surface area (Å²) in [5.74, 6) is -1.71. The number of cyclic esters (lactones) is 1. The fourth-order valence-electron chi connectivity index (χ4n) is 2.94. The van der Waals surface area contributed by atoms with Gasteiger partial charge in [-0.25, -0.2) is 27.2 Å². The van der Waals surface area contributed by atoms with E-state index in [0.717, 1.165) is 17.0 Å². The summed E-state index contributed by atoms with van der Waals surface area (Å²) >= 11 is 0. The van der Waals surface area contributed by atoms with Gasteiger partial charge in [0.25, 0.3) is 5.91 Å². The molecule has 2 aromatic rings. The van der Waals surface area contributed by atoms with Crippen LogP contribution in [0.5, 0.6) is 0 Å². The van der Waals surface area contributed by atoms with Gasteiger partial charge in [0, 0.05) is 13.0 Å². The zero-order chi connectivity index (χ0) is 22.4. The topological polar surface area (TPSA) is 122 Å². The third kappa shape index (κ3) is 5.86. The Labute approximate surface area is 178 Å². The lowest BCUT2D eigenvalue weighted by atomic mass is 10.1. The van der Waals surface area contributed by atoms with Crippen molar-refractivity contribution >= 4 is 27.9 Å². The van der Waals surface area contributed by atoms with Crippen LogP contribution in [0, 0.1) is 5.82 Å². The number of rotatable bonds is 9. The molecule has 2 aromatic carbocycles. The highest BCUT2D eigenvalue weighted by molar-refractivity contribution is 7.89. The van der Waals surface area contributed by atoms with Crippen LogP contribution in [0.25, 0.3) is 0 Å². The molecule has 9 nitrogen and oxygen atoms in total. The van der Waals surface area contributed by atoms with E-state index in [1.54, 1.807) is 30.3 Å². The average molecular weight is 449 g/mol. The Morgan fingerprint density at radius 1 is 1.13 bits per heavy atom. The first kappa shape index (κ1) is 22.4. The maximum Gasteiger partial charge on any atom is 0.417 e. The molecule has 1 aliphatic rings. The number of halogens is 1. The van der Waals surface area contributed by atoms with Gasteiger partial charge in [0.1, 0.15) is 5.82 Å². The highest BCUT2D eigenvalue weighted by Crippen LogP contribution is 2.17. The molecule has 1 atom stereocenters. The molecule has 1 heterocycles. The molecule has 1 saturated heterocycles. The second-order valence-corrected chi connectivity index (χ2v) is 8.46. The molecule has 0 radical (unpaired) electrons. The van der Waals surface area contributed by atoms with Crippen molar-refractivity contribution in [1.29, 1.82) is 0 Å². The molecule has 2 N–H and O–H groups in total. The molecule has 3 rings (SSSR count). The molecule has 0 spiro atoms. The molecule has 11 heteroatoms.